The molecule has 0 saturated carbocycles. The van der Waals surface area contributed by atoms with E-state index in [4.69, 9.17) is 15.3 Å². The zero-order chi connectivity index (χ0) is 29.9. The second-order valence-electron chi connectivity index (χ2n) is 9.36. The first-order chi connectivity index (χ1) is 19.5. The van der Waals surface area contributed by atoms with Crippen LogP contribution in [-0.2, 0) is 41.9 Å². The highest BCUT2D eigenvalue weighted by Gasteiger charge is 2.53. The Kier molecular flexibility index (Phi) is 8.89. The van der Waals surface area contributed by atoms with Crippen molar-refractivity contribution in [3.63, 3.8) is 0 Å². The van der Waals surface area contributed by atoms with Gasteiger partial charge in [0.15, 0.2) is 24.1 Å². The van der Waals surface area contributed by atoms with E-state index in [9.17, 15) is 29.4 Å². The number of carbonyl (C=O) groups is 4. The van der Waals surface area contributed by atoms with E-state index in [0.29, 0.717) is 11.1 Å². The number of aliphatic carboxylic acids is 1. The number of thioether (sulfide) groups is 1. The van der Waals surface area contributed by atoms with Crippen LogP contribution in [0.4, 0.5) is 5.13 Å². The van der Waals surface area contributed by atoms with E-state index in [-0.39, 0.29) is 42.2 Å². The molecule has 0 radical (unpaired) electrons. The number of aromatic nitrogens is 3. The Morgan fingerprint density at radius 2 is 2.15 bits per heavy atom. The lowest BCUT2D eigenvalue weighted by Crippen LogP contribution is -2.71. The van der Waals surface area contributed by atoms with Crippen LogP contribution in [0.5, 0.6) is 0 Å². The van der Waals surface area contributed by atoms with Gasteiger partial charge in [-0.3, -0.25) is 14.5 Å². The molecular weight excluding hydrogens is 578 g/mol. The van der Waals surface area contributed by atoms with Gasteiger partial charge in [0.25, 0.3) is 11.8 Å². The molecule has 17 heteroatoms. The first kappa shape index (κ1) is 29.9. The number of hydrogen-bond donors (Lipinski definition) is 3. The molecule has 2 atom stereocenters. The maximum absolute atomic E-state index is 13.3. The van der Waals surface area contributed by atoms with Gasteiger partial charge >= 0.3 is 5.97 Å². The lowest BCUT2D eigenvalue weighted by atomic mass is 10.0. The summed E-state index contributed by atoms with van der Waals surface area (Å²) in [5.41, 5.74) is 4.45. The van der Waals surface area contributed by atoms with E-state index in [1.807, 2.05) is 0 Å². The van der Waals surface area contributed by atoms with Gasteiger partial charge in [0.1, 0.15) is 11.4 Å². The van der Waals surface area contributed by atoms with Crippen molar-refractivity contribution in [2.24, 2.45) is 5.16 Å². The molecule has 1 fully saturated rings. The first-order valence-electron chi connectivity index (χ1n) is 12.3. The minimum Gasteiger partial charge on any atom is -0.543 e. The van der Waals surface area contributed by atoms with Gasteiger partial charge in [-0.15, -0.1) is 11.8 Å². The lowest BCUT2D eigenvalue weighted by molar-refractivity contribution is -0.689. The molecule has 2 aromatic heterocycles. The topological polar surface area (TPSA) is 213 Å². The van der Waals surface area contributed by atoms with Crippen LogP contribution in [0.2, 0.25) is 0 Å². The number of ether oxygens (including phenoxy) is 1. The zero-order valence-electron chi connectivity index (χ0n) is 22.2. The van der Waals surface area contributed by atoms with Gasteiger partial charge in [-0.2, -0.15) is 9.36 Å². The predicted octanol–water partition coefficient (Wildman–Crippen LogP) is -1.93. The number of oxime groups is 1. The number of amides is 2. The van der Waals surface area contributed by atoms with Crippen molar-refractivity contribution in [3.05, 3.63) is 47.2 Å². The highest BCUT2D eigenvalue weighted by molar-refractivity contribution is 8.00. The molecule has 2 aromatic rings. The van der Waals surface area contributed by atoms with Gasteiger partial charge < -0.3 is 35.6 Å². The maximum atomic E-state index is 13.3. The molecule has 0 bridgehead atoms. The Morgan fingerprint density at radius 1 is 1.39 bits per heavy atom. The number of fused-ring (bicyclic) bond motifs is 1. The molecule has 4 heterocycles. The Labute approximate surface area is 242 Å². The van der Waals surface area contributed by atoms with Crippen LogP contribution in [0.1, 0.15) is 32.2 Å². The second-order valence-corrected chi connectivity index (χ2v) is 11.2. The summed E-state index contributed by atoms with van der Waals surface area (Å²) in [6.07, 6.45) is 3.38. The summed E-state index contributed by atoms with van der Waals surface area (Å²) in [6.45, 7) is 4.47. The number of rotatable bonds is 11. The number of anilines is 1. The highest BCUT2D eigenvalue weighted by Crippen LogP contribution is 2.40. The summed E-state index contributed by atoms with van der Waals surface area (Å²) >= 11 is 2.06. The normalized spacial score (nSPS) is 18.9. The van der Waals surface area contributed by atoms with Gasteiger partial charge in [0.2, 0.25) is 17.1 Å². The number of carboxylic acids is 1. The number of β-lactam (4-membered cyclic amide) rings is 1. The van der Waals surface area contributed by atoms with Crippen LogP contribution < -0.4 is 20.7 Å². The number of carboxylic acid groups (broad SMARTS) is 1. The fraction of sp³-hybridized carbons (Fsp3) is 0.417. The SMILES string of the molecule is CCOC(=O)C(C)(C)ON=C(C(=O)NC1C(=O)N2C(C(=O)[O-])=C(C[n+]3cccc(CO)c3)CS[C@@H]12)c1nsc(N)n1. The number of hydrogen-bond acceptors (Lipinski definition) is 14. The van der Waals surface area contributed by atoms with E-state index >= 15 is 0 Å². The number of nitrogen functional groups attached to an aromatic ring is 1. The van der Waals surface area contributed by atoms with E-state index in [2.05, 4.69) is 19.8 Å². The van der Waals surface area contributed by atoms with Gasteiger partial charge in [-0.05, 0) is 26.8 Å². The van der Waals surface area contributed by atoms with E-state index < -0.39 is 46.5 Å². The van der Waals surface area contributed by atoms with Crippen LogP contribution >= 0.6 is 23.3 Å². The van der Waals surface area contributed by atoms with E-state index in [1.165, 1.54) is 25.6 Å². The summed E-state index contributed by atoms with van der Waals surface area (Å²) in [6, 6.07) is 2.33. The summed E-state index contributed by atoms with van der Waals surface area (Å²) in [5.74, 6) is -3.77. The number of nitrogens with two attached hydrogens (primary N) is 1. The molecule has 0 aliphatic carbocycles. The third kappa shape index (κ3) is 6.31. The Balaban J connectivity index is 1.54. The number of nitrogens with zero attached hydrogens (tertiary/aromatic N) is 5. The first-order valence-corrected chi connectivity index (χ1v) is 14.1. The molecule has 41 heavy (non-hydrogen) atoms. The number of aliphatic hydroxyl groups is 1. The van der Waals surface area contributed by atoms with Crippen LogP contribution in [0.3, 0.4) is 0 Å². The minimum absolute atomic E-state index is 0.0394. The smallest absolute Gasteiger partial charge is 0.352 e. The largest absolute Gasteiger partial charge is 0.543 e. The molecule has 2 amide bonds. The molecule has 218 valence electrons. The number of esters is 1. The van der Waals surface area contributed by atoms with Crippen molar-refractivity contribution in [1.82, 2.24) is 19.6 Å². The number of nitrogens with one attached hydrogen (secondary N) is 1. The van der Waals surface area contributed by atoms with Crippen molar-refractivity contribution >= 4 is 57.9 Å². The predicted molar refractivity (Wildman–Crippen MR) is 142 cm³/mol. The Hall–Kier alpha value is -4.09. The van der Waals surface area contributed by atoms with Gasteiger partial charge in [-0.1, -0.05) is 5.16 Å². The Bertz CT molecular complexity index is 1440. The fourth-order valence-electron chi connectivity index (χ4n) is 4.01. The third-order valence-electron chi connectivity index (χ3n) is 6.00. The van der Waals surface area contributed by atoms with Gasteiger partial charge in [0.05, 0.1) is 24.9 Å². The molecular formula is C24H27N7O8S2. The van der Waals surface area contributed by atoms with Crippen LogP contribution in [0, 0.1) is 0 Å². The lowest BCUT2D eigenvalue weighted by Gasteiger charge is -2.50. The van der Waals surface area contributed by atoms with Crippen molar-refractivity contribution in [1.29, 1.82) is 0 Å². The number of carbonyl (C=O) groups excluding carboxylic acids is 4. The zero-order valence-corrected chi connectivity index (χ0v) is 23.9. The van der Waals surface area contributed by atoms with E-state index in [1.54, 1.807) is 36.0 Å². The maximum Gasteiger partial charge on any atom is 0.352 e. The van der Waals surface area contributed by atoms with Crippen LogP contribution in [-0.4, -0.2) is 78.2 Å². The third-order valence-corrected chi connectivity index (χ3v) is 7.89. The highest BCUT2D eigenvalue weighted by atomic mass is 32.2. The van der Waals surface area contributed by atoms with Crippen molar-refractivity contribution in [3.8, 4) is 0 Å². The molecule has 0 spiro atoms. The molecule has 15 nitrogen and oxygen atoms in total. The molecule has 2 aliphatic heterocycles. The van der Waals surface area contributed by atoms with Crippen molar-refractivity contribution < 1.29 is 43.5 Å². The summed E-state index contributed by atoms with van der Waals surface area (Å²) < 4.78 is 10.6. The molecule has 1 unspecified atom stereocenters. The quantitative estimate of drug-likeness (QED) is 0.0840. The molecule has 2 aliphatic rings. The minimum atomic E-state index is -1.56. The summed E-state index contributed by atoms with van der Waals surface area (Å²) in [4.78, 5) is 61.1. The van der Waals surface area contributed by atoms with Crippen molar-refractivity contribution in [2.45, 2.75) is 50.9 Å². The molecule has 0 aromatic carbocycles. The summed E-state index contributed by atoms with van der Waals surface area (Å²) in [5, 5.41) is 27.1. The van der Waals surface area contributed by atoms with Gasteiger partial charge in [-0.25, -0.2) is 9.36 Å². The summed E-state index contributed by atoms with van der Waals surface area (Å²) in [7, 11) is 0. The molecule has 4 N–H and O–H groups in total. The number of pyridine rings is 1. The Morgan fingerprint density at radius 3 is 2.78 bits per heavy atom. The number of aliphatic hydroxyl groups excluding tert-OH is 1. The van der Waals surface area contributed by atoms with Crippen LogP contribution in [0.15, 0.2) is 41.0 Å². The monoisotopic (exact) mass is 605 g/mol. The van der Waals surface area contributed by atoms with Gasteiger partial charge in [0, 0.05) is 34.5 Å². The van der Waals surface area contributed by atoms with Crippen molar-refractivity contribution in [2.75, 3.05) is 18.1 Å². The average molecular weight is 606 g/mol. The van der Waals surface area contributed by atoms with Crippen LogP contribution in [0.25, 0.3) is 0 Å². The fourth-order valence-corrected chi connectivity index (χ4v) is 5.78. The average Bonchev–Trinajstić information content (AvgIpc) is 3.37. The standard InChI is InChI=1S/C24H27N7O8S2/c1-4-38-22(37)24(2,3)39-28-14(17-27-23(25)41-29-17)18(33)26-15-19(34)31-16(21(35)36)13(11-40-20(15)31)9-30-7-5-6-12(8-30)10-32/h5-8,15,20,32H,4,9-11H2,1-3H3,(H3-,25,26,27,29,33,35,36)/t15?,20-/m0/s1. The second kappa shape index (κ2) is 12.2. The molecule has 4 rings (SSSR count). The molecule has 1 saturated heterocycles. The van der Waals surface area contributed by atoms with E-state index in [0.717, 1.165) is 16.4 Å².